The van der Waals surface area contributed by atoms with Gasteiger partial charge in [-0.1, -0.05) is 46.0 Å². The lowest BCUT2D eigenvalue weighted by molar-refractivity contribution is -0.121. The van der Waals surface area contributed by atoms with Gasteiger partial charge >= 0.3 is 0 Å². The summed E-state index contributed by atoms with van der Waals surface area (Å²) in [6.07, 6.45) is 9.07. The highest BCUT2D eigenvalue weighted by Gasteiger charge is 1.99. The molecule has 0 heterocycles. The lowest BCUT2D eigenvalue weighted by Crippen LogP contribution is -2.23. The summed E-state index contributed by atoms with van der Waals surface area (Å²) in [5.41, 5.74) is 0. The highest BCUT2D eigenvalue weighted by molar-refractivity contribution is 5.85. The van der Waals surface area contributed by atoms with Gasteiger partial charge in [0.25, 0.3) is 0 Å². The van der Waals surface area contributed by atoms with E-state index in [1.807, 2.05) is 0 Å². The van der Waals surface area contributed by atoms with Crippen LogP contribution < -0.4 is 5.32 Å². The van der Waals surface area contributed by atoms with E-state index in [0.717, 1.165) is 25.8 Å². The predicted octanol–water partition coefficient (Wildman–Crippen LogP) is 3.69. The van der Waals surface area contributed by atoms with Crippen molar-refractivity contribution in [1.82, 2.24) is 5.32 Å². The molecule has 0 radical (unpaired) electrons. The molecule has 0 rings (SSSR count). The fourth-order valence-corrected chi connectivity index (χ4v) is 1.38. The van der Waals surface area contributed by atoms with Crippen LogP contribution >= 0.6 is 12.4 Å². The largest absolute Gasteiger partial charge is 0.356 e. The van der Waals surface area contributed by atoms with Crippen molar-refractivity contribution in [2.45, 2.75) is 65.2 Å². The van der Waals surface area contributed by atoms with E-state index in [9.17, 15) is 4.79 Å². The summed E-state index contributed by atoms with van der Waals surface area (Å²) in [6, 6.07) is 0. The van der Waals surface area contributed by atoms with Crippen LogP contribution in [0.25, 0.3) is 0 Å². The second-order valence-electron chi connectivity index (χ2n) is 3.87. The van der Waals surface area contributed by atoms with E-state index in [-0.39, 0.29) is 18.3 Å². The molecular weight excluding hydrogens is 210 g/mol. The van der Waals surface area contributed by atoms with Crippen LogP contribution in [0.1, 0.15) is 65.2 Å². The molecule has 0 bridgehead atoms. The molecule has 0 saturated carbocycles. The van der Waals surface area contributed by atoms with Gasteiger partial charge in [-0.2, -0.15) is 0 Å². The molecule has 0 aromatic rings. The minimum atomic E-state index is 0. The minimum absolute atomic E-state index is 0. The first-order valence-electron chi connectivity index (χ1n) is 6.08. The van der Waals surface area contributed by atoms with Gasteiger partial charge in [0.2, 0.25) is 5.91 Å². The number of carbonyl (C=O) groups is 1. The van der Waals surface area contributed by atoms with Crippen LogP contribution in [0.3, 0.4) is 0 Å². The first-order chi connectivity index (χ1) is 6.81. The maximum atomic E-state index is 11.2. The van der Waals surface area contributed by atoms with Crippen molar-refractivity contribution < 1.29 is 4.79 Å². The third-order valence-electron chi connectivity index (χ3n) is 2.36. The third kappa shape index (κ3) is 13.8. The molecule has 0 aliphatic heterocycles. The minimum Gasteiger partial charge on any atom is -0.356 e. The average Bonchev–Trinajstić information content (AvgIpc) is 2.18. The third-order valence-corrected chi connectivity index (χ3v) is 2.36. The molecule has 0 spiro atoms. The van der Waals surface area contributed by atoms with Gasteiger partial charge in [-0.3, -0.25) is 4.79 Å². The van der Waals surface area contributed by atoms with Crippen molar-refractivity contribution in [2.75, 3.05) is 6.54 Å². The average molecular weight is 236 g/mol. The Balaban J connectivity index is 0. The van der Waals surface area contributed by atoms with Gasteiger partial charge < -0.3 is 5.32 Å². The van der Waals surface area contributed by atoms with Crippen LogP contribution in [0.2, 0.25) is 0 Å². The molecule has 0 atom stereocenters. The van der Waals surface area contributed by atoms with Crippen LogP contribution in [0.5, 0.6) is 0 Å². The quantitative estimate of drug-likeness (QED) is 0.607. The van der Waals surface area contributed by atoms with Crippen LogP contribution in [-0.4, -0.2) is 12.5 Å². The van der Waals surface area contributed by atoms with E-state index in [1.165, 1.54) is 25.7 Å². The van der Waals surface area contributed by atoms with Gasteiger partial charge in [0.15, 0.2) is 0 Å². The summed E-state index contributed by atoms with van der Waals surface area (Å²) in [6.45, 7) is 5.19. The summed E-state index contributed by atoms with van der Waals surface area (Å²) in [5, 5.41) is 2.94. The van der Waals surface area contributed by atoms with E-state index >= 15 is 0 Å². The SMILES string of the molecule is CCCCCCCC(=O)NCCCC.Cl. The van der Waals surface area contributed by atoms with Gasteiger partial charge in [0.05, 0.1) is 0 Å². The van der Waals surface area contributed by atoms with E-state index in [2.05, 4.69) is 19.2 Å². The van der Waals surface area contributed by atoms with Crippen molar-refractivity contribution in [2.24, 2.45) is 0 Å². The standard InChI is InChI=1S/C12H25NO.ClH/c1-3-5-7-8-9-10-12(14)13-11-6-4-2;/h3-11H2,1-2H3,(H,13,14);1H. The van der Waals surface area contributed by atoms with Gasteiger partial charge in [-0.25, -0.2) is 0 Å². The summed E-state index contributed by atoms with van der Waals surface area (Å²) < 4.78 is 0. The summed E-state index contributed by atoms with van der Waals surface area (Å²) in [4.78, 5) is 11.2. The smallest absolute Gasteiger partial charge is 0.219 e. The number of amides is 1. The zero-order valence-corrected chi connectivity index (χ0v) is 11.0. The molecule has 15 heavy (non-hydrogen) atoms. The zero-order valence-electron chi connectivity index (χ0n) is 10.2. The first kappa shape index (κ1) is 17.2. The topological polar surface area (TPSA) is 29.1 Å². The molecule has 0 aromatic carbocycles. The van der Waals surface area contributed by atoms with Crippen molar-refractivity contribution in [1.29, 1.82) is 0 Å². The van der Waals surface area contributed by atoms with E-state index in [1.54, 1.807) is 0 Å². The second kappa shape index (κ2) is 13.8. The Bertz CT molecular complexity index is 140. The molecule has 3 heteroatoms. The molecule has 0 aliphatic rings. The number of rotatable bonds is 9. The fourth-order valence-electron chi connectivity index (χ4n) is 1.38. The Hall–Kier alpha value is -0.240. The van der Waals surface area contributed by atoms with Crippen molar-refractivity contribution in [3.05, 3.63) is 0 Å². The molecule has 0 fully saturated rings. The Kier molecular flexibility index (Phi) is 15.7. The fraction of sp³-hybridized carbons (Fsp3) is 0.917. The lowest BCUT2D eigenvalue weighted by atomic mass is 10.1. The van der Waals surface area contributed by atoms with Crippen molar-refractivity contribution >= 4 is 18.3 Å². The number of unbranched alkanes of at least 4 members (excludes halogenated alkanes) is 5. The van der Waals surface area contributed by atoms with E-state index in [4.69, 9.17) is 0 Å². The molecule has 2 nitrogen and oxygen atoms in total. The van der Waals surface area contributed by atoms with Crippen molar-refractivity contribution in [3.63, 3.8) is 0 Å². The van der Waals surface area contributed by atoms with Gasteiger partial charge in [0.1, 0.15) is 0 Å². The molecular formula is C12H26ClNO. The number of carbonyl (C=O) groups excluding carboxylic acids is 1. The molecule has 0 aromatic heterocycles. The Morgan fingerprint density at radius 2 is 1.53 bits per heavy atom. The summed E-state index contributed by atoms with van der Waals surface area (Å²) in [7, 11) is 0. The number of hydrogen-bond acceptors (Lipinski definition) is 1. The van der Waals surface area contributed by atoms with Crippen molar-refractivity contribution in [3.8, 4) is 0 Å². The van der Waals surface area contributed by atoms with Crippen LogP contribution in [-0.2, 0) is 4.79 Å². The van der Waals surface area contributed by atoms with Gasteiger partial charge in [-0.05, 0) is 12.8 Å². The lowest BCUT2D eigenvalue weighted by Gasteiger charge is -2.03. The van der Waals surface area contributed by atoms with E-state index in [0.29, 0.717) is 6.42 Å². The zero-order chi connectivity index (χ0) is 10.6. The van der Waals surface area contributed by atoms with Crippen LogP contribution in [0.15, 0.2) is 0 Å². The molecule has 1 amide bonds. The Labute approximate surface area is 101 Å². The highest BCUT2D eigenvalue weighted by atomic mass is 35.5. The first-order valence-corrected chi connectivity index (χ1v) is 6.08. The second-order valence-corrected chi connectivity index (χ2v) is 3.87. The van der Waals surface area contributed by atoms with Gasteiger partial charge in [-0.15, -0.1) is 12.4 Å². The highest BCUT2D eigenvalue weighted by Crippen LogP contribution is 2.04. The normalized spacial score (nSPS) is 9.47. The molecule has 1 N–H and O–H groups in total. The molecule has 0 saturated heterocycles. The number of nitrogens with one attached hydrogen (secondary N) is 1. The van der Waals surface area contributed by atoms with E-state index < -0.39 is 0 Å². The van der Waals surface area contributed by atoms with Crippen LogP contribution in [0, 0.1) is 0 Å². The number of halogens is 1. The Morgan fingerprint density at radius 1 is 0.933 bits per heavy atom. The molecule has 0 unspecified atom stereocenters. The summed E-state index contributed by atoms with van der Waals surface area (Å²) >= 11 is 0. The summed E-state index contributed by atoms with van der Waals surface area (Å²) in [5.74, 6) is 0.231. The van der Waals surface area contributed by atoms with Gasteiger partial charge in [0, 0.05) is 13.0 Å². The molecule has 92 valence electrons. The Morgan fingerprint density at radius 3 is 2.13 bits per heavy atom. The van der Waals surface area contributed by atoms with Crippen LogP contribution in [0.4, 0.5) is 0 Å². The predicted molar refractivity (Wildman–Crippen MR) is 68.5 cm³/mol. The maximum absolute atomic E-state index is 11.2. The monoisotopic (exact) mass is 235 g/mol. The maximum Gasteiger partial charge on any atom is 0.219 e. The molecule has 0 aliphatic carbocycles. The number of hydrogen-bond donors (Lipinski definition) is 1.